The summed E-state index contributed by atoms with van der Waals surface area (Å²) in [6, 6.07) is 0. The molecule has 1 rings (SSSR count). The summed E-state index contributed by atoms with van der Waals surface area (Å²) in [7, 11) is 1.43. The highest BCUT2D eigenvalue weighted by Crippen LogP contribution is 2.35. The van der Waals surface area contributed by atoms with Crippen LogP contribution in [-0.2, 0) is 14.3 Å². The van der Waals surface area contributed by atoms with Crippen LogP contribution in [0.3, 0.4) is 0 Å². The summed E-state index contributed by atoms with van der Waals surface area (Å²) >= 11 is 0. The molecule has 0 aromatic carbocycles. The van der Waals surface area contributed by atoms with E-state index < -0.39 is 0 Å². The van der Waals surface area contributed by atoms with E-state index in [9.17, 15) is 9.59 Å². The van der Waals surface area contributed by atoms with Crippen LogP contribution in [0, 0.1) is 11.8 Å². The highest BCUT2D eigenvalue weighted by molar-refractivity contribution is 5.80. The van der Waals surface area contributed by atoms with Crippen molar-refractivity contribution in [2.75, 3.05) is 7.11 Å². The fourth-order valence-electron chi connectivity index (χ4n) is 2.51. The molecule has 92 valence electrons. The smallest absolute Gasteiger partial charge is 0.308 e. The minimum Gasteiger partial charge on any atom is -0.469 e. The molecule has 0 bridgehead atoms. The van der Waals surface area contributed by atoms with Crippen LogP contribution in [0.15, 0.2) is 0 Å². The molecule has 3 heteroatoms. The lowest BCUT2D eigenvalue weighted by Crippen LogP contribution is -2.22. The molecule has 0 radical (unpaired) electrons. The third kappa shape index (κ3) is 3.62. The maximum atomic E-state index is 11.7. The third-order valence-corrected chi connectivity index (χ3v) is 3.46. The van der Waals surface area contributed by atoms with Gasteiger partial charge in [0.2, 0.25) is 0 Å². The molecule has 0 aromatic heterocycles. The molecular weight excluding hydrogens is 204 g/mol. The summed E-state index contributed by atoms with van der Waals surface area (Å²) in [5.74, 6) is 0.376. The molecule has 2 atom stereocenters. The van der Waals surface area contributed by atoms with E-state index >= 15 is 0 Å². The van der Waals surface area contributed by atoms with Crippen LogP contribution in [0.4, 0.5) is 0 Å². The van der Waals surface area contributed by atoms with Gasteiger partial charge in [0.1, 0.15) is 5.78 Å². The first-order chi connectivity index (χ1) is 7.69. The Morgan fingerprint density at radius 2 is 2.06 bits per heavy atom. The van der Waals surface area contributed by atoms with Gasteiger partial charge in [-0.3, -0.25) is 9.59 Å². The zero-order valence-corrected chi connectivity index (χ0v) is 10.3. The predicted octanol–water partition coefficient (Wildman–Crippen LogP) is 2.73. The van der Waals surface area contributed by atoms with Gasteiger partial charge in [-0.05, 0) is 25.2 Å². The van der Waals surface area contributed by atoms with Crippen molar-refractivity contribution in [1.82, 2.24) is 0 Å². The van der Waals surface area contributed by atoms with Gasteiger partial charge in [-0.15, -0.1) is 0 Å². The van der Waals surface area contributed by atoms with Gasteiger partial charge in [-0.2, -0.15) is 0 Å². The van der Waals surface area contributed by atoms with Crippen LogP contribution in [0.5, 0.6) is 0 Å². The van der Waals surface area contributed by atoms with Crippen LogP contribution in [0.2, 0.25) is 0 Å². The molecule has 0 heterocycles. The van der Waals surface area contributed by atoms with Crippen molar-refractivity contribution in [2.24, 2.45) is 11.8 Å². The summed E-state index contributed by atoms with van der Waals surface area (Å²) in [6.45, 7) is 2.08. The van der Waals surface area contributed by atoms with Crippen molar-refractivity contribution in [3.8, 4) is 0 Å². The Kier molecular flexibility index (Phi) is 5.50. The number of Topliss-reactive ketones (excluding diaryl/α,β-unsaturated/α-hetero) is 1. The van der Waals surface area contributed by atoms with E-state index in [4.69, 9.17) is 4.74 Å². The number of unbranched alkanes of at least 4 members (excludes halogenated alkanes) is 1. The van der Waals surface area contributed by atoms with Crippen molar-refractivity contribution >= 4 is 11.8 Å². The molecule has 0 spiro atoms. The van der Waals surface area contributed by atoms with E-state index in [2.05, 4.69) is 6.92 Å². The van der Waals surface area contributed by atoms with Crippen molar-refractivity contribution in [3.05, 3.63) is 0 Å². The molecule has 3 nitrogen and oxygen atoms in total. The minimum absolute atomic E-state index is 0.0319. The molecule has 0 aromatic rings. The highest BCUT2D eigenvalue weighted by atomic mass is 16.5. The van der Waals surface area contributed by atoms with E-state index in [1.54, 1.807) is 0 Å². The first kappa shape index (κ1) is 13.2. The van der Waals surface area contributed by atoms with Gasteiger partial charge in [0, 0.05) is 12.8 Å². The average Bonchev–Trinajstić information content (AvgIpc) is 2.73. The molecule has 1 aliphatic rings. The SMILES string of the molecule is CCCCC(=O)C[C@H]1CCC[C@@H]1C(=O)OC. The molecule has 0 unspecified atom stereocenters. The molecule has 0 amide bonds. The van der Waals surface area contributed by atoms with Gasteiger partial charge in [0.05, 0.1) is 13.0 Å². The lowest BCUT2D eigenvalue weighted by atomic mass is 9.90. The van der Waals surface area contributed by atoms with E-state index in [0.717, 1.165) is 32.1 Å². The number of carbonyl (C=O) groups excluding carboxylic acids is 2. The summed E-state index contributed by atoms with van der Waals surface area (Å²) in [4.78, 5) is 23.1. The molecule has 0 aliphatic heterocycles. The number of rotatable bonds is 6. The Balaban J connectivity index is 2.40. The molecule has 0 N–H and O–H groups in total. The Labute approximate surface area is 97.5 Å². The quantitative estimate of drug-likeness (QED) is 0.654. The zero-order valence-electron chi connectivity index (χ0n) is 10.3. The molecule has 1 aliphatic carbocycles. The van der Waals surface area contributed by atoms with E-state index in [-0.39, 0.29) is 17.8 Å². The van der Waals surface area contributed by atoms with Crippen LogP contribution >= 0.6 is 0 Å². The van der Waals surface area contributed by atoms with Gasteiger partial charge in [-0.1, -0.05) is 19.8 Å². The second-order valence-electron chi connectivity index (χ2n) is 4.67. The largest absolute Gasteiger partial charge is 0.469 e. The monoisotopic (exact) mass is 226 g/mol. The normalized spacial score (nSPS) is 24.4. The van der Waals surface area contributed by atoms with E-state index in [1.807, 2.05) is 0 Å². The standard InChI is InChI=1S/C13H22O3/c1-3-4-7-11(14)9-10-6-5-8-12(10)13(15)16-2/h10,12H,3-9H2,1-2H3/t10-,12+/m1/s1. The van der Waals surface area contributed by atoms with Gasteiger partial charge in [0.25, 0.3) is 0 Å². The van der Waals surface area contributed by atoms with Crippen molar-refractivity contribution in [1.29, 1.82) is 0 Å². The second kappa shape index (κ2) is 6.66. The molecule has 0 saturated heterocycles. The zero-order chi connectivity index (χ0) is 12.0. The summed E-state index contributed by atoms with van der Waals surface area (Å²) in [6.07, 6.45) is 6.19. The van der Waals surface area contributed by atoms with Crippen LogP contribution < -0.4 is 0 Å². The lowest BCUT2D eigenvalue weighted by molar-refractivity contribution is -0.146. The first-order valence-corrected chi connectivity index (χ1v) is 6.28. The van der Waals surface area contributed by atoms with Crippen molar-refractivity contribution < 1.29 is 14.3 Å². The van der Waals surface area contributed by atoms with Crippen LogP contribution in [0.1, 0.15) is 51.9 Å². The number of methoxy groups -OCH3 is 1. The number of ether oxygens (including phenoxy) is 1. The summed E-state index contributed by atoms with van der Waals surface area (Å²) in [5.41, 5.74) is 0. The fraction of sp³-hybridized carbons (Fsp3) is 0.846. The minimum atomic E-state index is -0.134. The Hall–Kier alpha value is -0.860. The maximum absolute atomic E-state index is 11.7. The van der Waals surface area contributed by atoms with Crippen molar-refractivity contribution in [3.63, 3.8) is 0 Å². The molecule has 1 saturated carbocycles. The third-order valence-electron chi connectivity index (χ3n) is 3.46. The Morgan fingerprint density at radius 1 is 1.31 bits per heavy atom. The van der Waals surface area contributed by atoms with Gasteiger partial charge >= 0.3 is 5.97 Å². The number of carbonyl (C=O) groups is 2. The predicted molar refractivity (Wildman–Crippen MR) is 62.0 cm³/mol. The second-order valence-corrected chi connectivity index (χ2v) is 4.67. The van der Waals surface area contributed by atoms with Crippen molar-refractivity contribution in [2.45, 2.75) is 51.9 Å². The van der Waals surface area contributed by atoms with E-state index in [1.165, 1.54) is 7.11 Å². The van der Waals surface area contributed by atoms with E-state index in [0.29, 0.717) is 18.6 Å². The average molecular weight is 226 g/mol. The number of esters is 1. The topological polar surface area (TPSA) is 43.4 Å². The molecule has 16 heavy (non-hydrogen) atoms. The molecule has 1 fully saturated rings. The van der Waals surface area contributed by atoms with Gasteiger partial charge < -0.3 is 4.74 Å². The highest BCUT2D eigenvalue weighted by Gasteiger charge is 2.34. The van der Waals surface area contributed by atoms with Crippen LogP contribution in [-0.4, -0.2) is 18.9 Å². The summed E-state index contributed by atoms with van der Waals surface area (Å²) < 4.78 is 4.78. The fourth-order valence-corrected chi connectivity index (χ4v) is 2.51. The van der Waals surface area contributed by atoms with Gasteiger partial charge in [0.15, 0.2) is 0 Å². The Bertz CT molecular complexity index is 248. The lowest BCUT2D eigenvalue weighted by Gasteiger charge is -2.16. The molecular formula is C13H22O3. The Morgan fingerprint density at radius 3 is 2.69 bits per heavy atom. The van der Waals surface area contributed by atoms with Gasteiger partial charge in [-0.25, -0.2) is 0 Å². The number of hydrogen-bond acceptors (Lipinski definition) is 3. The first-order valence-electron chi connectivity index (χ1n) is 6.28. The maximum Gasteiger partial charge on any atom is 0.308 e. The van der Waals surface area contributed by atoms with Crippen LogP contribution in [0.25, 0.3) is 0 Å². The summed E-state index contributed by atoms with van der Waals surface area (Å²) in [5, 5.41) is 0. The number of hydrogen-bond donors (Lipinski definition) is 0. The number of ketones is 1.